The SMILES string of the molecule is O=C1N2C(CCC2c2ccccc2F)OC12CN(c1ccnc(Cl)c1)C2. The van der Waals surface area contributed by atoms with Crippen LogP contribution in [0.2, 0.25) is 5.15 Å². The van der Waals surface area contributed by atoms with Crippen LogP contribution < -0.4 is 4.90 Å². The number of hydrogen-bond donors (Lipinski definition) is 0. The summed E-state index contributed by atoms with van der Waals surface area (Å²) in [6, 6.07) is 10.1. The number of pyridine rings is 1. The zero-order chi connectivity index (χ0) is 17.9. The Kier molecular flexibility index (Phi) is 3.49. The fourth-order valence-electron chi connectivity index (χ4n) is 4.32. The number of carbonyl (C=O) groups is 1. The van der Waals surface area contributed by atoms with Crippen LogP contribution in [0.15, 0.2) is 42.6 Å². The Labute approximate surface area is 155 Å². The molecule has 2 aromatic rings. The minimum atomic E-state index is -0.829. The summed E-state index contributed by atoms with van der Waals surface area (Å²) in [6.07, 6.45) is 2.83. The molecule has 7 heteroatoms. The van der Waals surface area contributed by atoms with E-state index < -0.39 is 5.60 Å². The highest BCUT2D eigenvalue weighted by atomic mass is 35.5. The quantitative estimate of drug-likeness (QED) is 0.759. The lowest BCUT2D eigenvalue weighted by atomic mass is 9.91. The maximum absolute atomic E-state index is 14.2. The van der Waals surface area contributed by atoms with E-state index >= 15 is 0 Å². The number of aromatic nitrogens is 1. The van der Waals surface area contributed by atoms with E-state index in [1.54, 1.807) is 35.4 Å². The van der Waals surface area contributed by atoms with E-state index in [9.17, 15) is 9.18 Å². The van der Waals surface area contributed by atoms with Crippen LogP contribution in [0.1, 0.15) is 24.4 Å². The van der Waals surface area contributed by atoms with E-state index in [0.717, 1.165) is 18.5 Å². The van der Waals surface area contributed by atoms with Crippen molar-refractivity contribution >= 4 is 23.2 Å². The molecule has 5 nitrogen and oxygen atoms in total. The number of rotatable bonds is 2. The molecule has 5 rings (SSSR count). The number of amides is 1. The van der Waals surface area contributed by atoms with Crippen LogP contribution in [0.3, 0.4) is 0 Å². The number of anilines is 1. The van der Waals surface area contributed by atoms with Crippen LogP contribution in [-0.2, 0) is 9.53 Å². The van der Waals surface area contributed by atoms with Crippen LogP contribution >= 0.6 is 11.6 Å². The summed E-state index contributed by atoms with van der Waals surface area (Å²) in [5.41, 5.74) is 0.662. The van der Waals surface area contributed by atoms with Crippen molar-refractivity contribution in [2.24, 2.45) is 0 Å². The molecule has 1 aromatic heterocycles. The Balaban J connectivity index is 1.38. The van der Waals surface area contributed by atoms with Crippen molar-refractivity contribution in [3.63, 3.8) is 0 Å². The van der Waals surface area contributed by atoms with Gasteiger partial charge in [-0.2, -0.15) is 0 Å². The summed E-state index contributed by atoms with van der Waals surface area (Å²) in [7, 11) is 0. The van der Waals surface area contributed by atoms with Crippen molar-refractivity contribution in [3.05, 3.63) is 59.1 Å². The van der Waals surface area contributed by atoms with Crippen molar-refractivity contribution in [2.75, 3.05) is 18.0 Å². The summed E-state index contributed by atoms with van der Waals surface area (Å²) in [6.45, 7) is 0.951. The Morgan fingerprint density at radius 1 is 1.23 bits per heavy atom. The monoisotopic (exact) mass is 373 g/mol. The van der Waals surface area contributed by atoms with Gasteiger partial charge < -0.3 is 14.5 Å². The van der Waals surface area contributed by atoms with Crippen molar-refractivity contribution in [1.82, 2.24) is 9.88 Å². The normalized spacial score (nSPS) is 26.3. The fraction of sp³-hybridized carbons (Fsp3) is 0.368. The van der Waals surface area contributed by atoms with Gasteiger partial charge >= 0.3 is 0 Å². The number of nitrogens with zero attached hydrogens (tertiary/aromatic N) is 3. The summed E-state index contributed by atoms with van der Waals surface area (Å²) < 4.78 is 20.4. The molecule has 3 saturated heterocycles. The van der Waals surface area contributed by atoms with Crippen LogP contribution in [0, 0.1) is 5.82 Å². The van der Waals surface area contributed by atoms with Crippen molar-refractivity contribution in [3.8, 4) is 0 Å². The van der Waals surface area contributed by atoms with Gasteiger partial charge in [-0.05, 0) is 31.0 Å². The number of ether oxygens (including phenoxy) is 1. The smallest absolute Gasteiger partial charge is 0.261 e. The van der Waals surface area contributed by atoms with Crippen molar-refractivity contribution in [2.45, 2.75) is 30.7 Å². The molecule has 1 spiro atoms. The Morgan fingerprint density at radius 3 is 2.81 bits per heavy atom. The van der Waals surface area contributed by atoms with E-state index in [4.69, 9.17) is 16.3 Å². The molecule has 1 amide bonds. The first kappa shape index (κ1) is 16.0. The molecule has 0 aliphatic carbocycles. The van der Waals surface area contributed by atoms with Gasteiger partial charge in [-0.25, -0.2) is 9.37 Å². The molecule has 3 aliphatic heterocycles. The van der Waals surface area contributed by atoms with E-state index in [2.05, 4.69) is 4.98 Å². The summed E-state index contributed by atoms with van der Waals surface area (Å²) in [5, 5.41) is 0.419. The molecule has 0 radical (unpaired) electrons. The maximum Gasteiger partial charge on any atom is 0.261 e. The van der Waals surface area contributed by atoms with E-state index in [0.29, 0.717) is 23.8 Å². The third-order valence-electron chi connectivity index (χ3n) is 5.55. The number of halogens is 2. The first-order valence-electron chi connectivity index (χ1n) is 8.69. The van der Waals surface area contributed by atoms with Gasteiger partial charge in [0.1, 0.15) is 17.2 Å². The number of carbonyl (C=O) groups excluding carboxylic acids is 1. The summed E-state index contributed by atoms with van der Waals surface area (Å²) in [4.78, 5) is 20.9. The third kappa shape index (κ3) is 2.25. The second kappa shape index (κ2) is 5.66. The minimum absolute atomic E-state index is 0.0374. The van der Waals surface area contributed by atoms with E-state index in [-0.39, 0.29) is 24.0 Å². The van der Waals surface area contributed by atoms with E-state index in [1.807, 2.05) is 11.0 Å². The molecular formula is C19H17ClFN3O2. The predicted octanol–water partition coefficient (Wildman–Crippen LogP) is 3.15. The minimum Gasteiger partial charge on any atom is -0.364 e. The van der Waals surface area contributed by atoms with Gasteiger partial charge in [0.15, 0.2) is 5.60 Å². The van der Waals surface area contributed by atoms with Gasteiger partial charge in [0.2, 0.25) is 0 Å². The predicted molar refractivity (Wildman–Crippen MR) is 94.3 cm³/mol. The lowest BCUT2D eigenvalue weighted by Gasteiger charge is -2.46. The molecule has 0 N–H and O–H groups in total. The molecule has 3 fully saturated rings. The lowest BCUT2D eigenvalue weighted by molar-refractivity contribution is -0.140. The second-order valence-electron chi connectivity index (χ2n) is 7.09. The number of hydrogen-bond acceptors (Lipinski definition) is 4. The average Bonchev–Trinajstić information content (AvgIpc) is 3.12. The van der Waals surface area contributed by atoms with Crippen molar-refractivity contribution in [1.29, 1.82) is 0 Å². The highest BCUT2D eigenvalue weighted by Gasteiger charge is 2.62. The van der Waals surface area contributed by atoms with Crippen molar-refractivity contribution < 1.29 is 13.9 Å². The molecule has 4 heterocycles. The molecule has 1 aromatic carbocycles. The summed E-state index contributed by atoms with van der Waals surface area (Å²) in [5.74, 6) is -0.307. The summed E-state index contributed by atoms with van der Waals surface area (Å²) >= 11 is 5.95. The molecular weight excluding hydrogens is 357 g/mol. The van der Waals surface area contributed by atoms with Gasteiger partial charge in [0.25, 0.3) is 5.91 Å². The molecule has 26 heavy (non-hydrogen) atoms. The van der Waals surface area contributed by atoms with Gasteiger partial charge in [-0.15, -0.1) is 0 Å². The largest absolute Gasteiger partial charge is 0.364 e. The topological polar surface area (TPSA) is 45.7 Å². The maximum atomic E-state index is 14.2. The molecule has 3 aliphatic rings. The second-order valence-corrected chi connectivity index (χ2v) is 7.47. The van der Waals surface area contributed by atoms with Gasteiger partial charge in [-0.1, -0.05) is 29.8 Å². The van der Waals surface area contributed by atoms with Crippen LogP contribution in [-0.4, -0.2) is 40.7 Å². The van der Waals surface area contributed by atoms with Gasteiger partial charge in [0, 0.05) is 17.4 Å². The van der Waals surface area contributed by atoms with Crippen LogP contribution in [0.4, 0.5) is 10.1 Å². The first-order valence-corrected chi connectivity index (χ1v) is 9.07. The van der Waals surface area contributed by atoms with Gasteiger partial charge in [-0.3, -0.25) is 4.79 Å². The zero-order valence-electron chi connectivity index (χ0n) is 13.9. The van der Waals surface area contributed by atoms with Gasteiger partial charge in [0.05, 0.1) is 19.1 Å². The lowest BCUT2D eigenvalue weighted by Crippen LogP contribution is -2.66. The average molecular weight is 374 g/mol. The van der Waals surface area contributed by atoms with Crippen LogP contribution in [0.25, 0.3) is 0 Å². The Morgan fingerprint density at radius 2 is 2.04 bits per heavy atom. The Hall–Kier alpha value is -2.18. The highest BCUT2D eigenvalue weighted by Crippen LogP contribution is 2.48. The third-order valence-corrected chi connectivity index (χ3v) is 5.76. The molecule has 2 unspecified atom stereocenters. The van der Waals surface area contributed by atoms with E-state index in [1.165, 1.54) is 6.07 Å². The molecule has 0 saturated carbocycles. The molecule has 0 bridgehead atoms. The molecule has 134 valence electrons. The fourth-order valence-corrected chi connectivity index (χ4v) is 4.48. The molecule has 2 atom stereocenters. The number of benzene rings is 1. The number of fused-ring (bicyclic) bond motifs is 1. The Bertz CT molecular complexity index is 887. The zero-order valence-corrected chi connectivity index (χ0v) is 14.7. The standard InChI is InChI=1S/C19H17ClFN3O2/c20-16-9-12(7-8-22-16)23-10-19(11-23)18(25)24-15(5-6-17(24)26-19)13-3-1-2-4-14(13)21/h1-4,7-9,15,17H,5-6,10-11H2. The highest BCUT2D eigenvalue weighted by molar-refractivity contribution is 6.29. The first-order chi connectivity index (χ1) is 12.6. The van der Waals surface area contributed by atoms with Crippen LogP contribution in [0.5, 0.6) is 0 Å².